The topological polar surface area (TPSA) is 71.4 Å². The van der Waals surface area contributed by atoms with Gasteiger partial charge in [-0.1, -0.05) is 13.0 Å². The smallest absolute Gasteiger partial charge is 0.303 e. The quantitative estimate of drug-likeness (QED) is 0.635. The van der Waals surface area contributed by atoms with Crippen LogP contribution >= 0.6 is 0 Å². The van der Waals surface area contributed by atoms with E-state index in [0.29, 0.717) is 19.3 Å². The van der Waals surface area contributed by atoms with Crippen molar-refractivity contribution in [2.75, 3.05) is 5.75 Å². The van der Waals surface area contributed by atoms with Crippen molar-refractivity contribution in [2.45, 2.75) is 25.7 Å². The van der Waals surface area contributed by atoms with Crippen molar-refractivity contribution >= 4 is 15.8 Å². The van der Waals surface area contributed by atoms with Crippen LogP contribution in [0.2, 0.25) is 0 Å². The summed E-state index contributed by atoms with van der Waals surface area (Å²) in [6, 6.07) is 0. The Kier molecular flexibility index (Phi) is 5.37. The molecule has 5 heteroatoms. The normalized spacial score (nSPS) is 11.1. The molecule has 0 aromatic carbocycles. The lowest BCUT2D eigenvalue weighted by Crippen LogP contribution is -2.02. The van der Waals surface area contributed by atoms with E-state index < -0.39 is 15.8 Å². The first-order valence-electron chi connectivity index (χ1n) is 4.05. The maximum absolute atomic E-state index is 10.9. The summed E-state index contributed by atoms with van der Waals surface area (Å²) in [4.78, 5) is 10.1. The third-order valence-corrected chi connectivity index (χ3v) is 2.94. The number of hydrogen-bond donors (Lipinski definition) is 1. The molecular weight excluding hydrogens is 192 g/mol. The van der Waals surface area contributed by atoms with E-state index in [1.165, 1.54) is 0 Å². The molecule has 0 aromatic heterocycles. The summed E-state index contributed by atoms with van der Waals surface area (Å²) in [5.74, 6) is -0.776. The zero-order valence-corrected chi connectivity index (χ0v) is 8.22. The molecule has 0 aliphatic heterocycles. The Balaban J connectivity index is 3.47. The fraction of sp³-hybridized carbons (Fsp3) is 0.625. The monoisotopic (exact) mass is 206 g/mol. The minimum absolute atomic E-state index is 0.0656. The number of unbranched alkanes of at least 4 members (excludes halogenated alkanes) is 2. The predicted molar refractivity (Wildman–Crippen MR) is 50.1 cm³/mol. The maximum atomic E-state index is 10.9. The van der Waals surface area contributed by atoms with E-state index in [-0.39, 0.29) is 12.2 Å². The summed E-state index contributed by atoms with van der Waals surface area (Å²) >= 11 is 0. The largest absolute Gasteiger partial charge is 0.481 e. The van der Waals surface area contributed by atoms with Crippen LogP contribution in [0.5, 0.6) is 0 Å². The van der Waals surface area contributed by atoms with Gasteiger partial charge >= 0.3 is 5.97 Å². The standard InChI is InChI=1S/C8H14O4S/c1-2-13(11,12)7-5-3-4-6-8(9)10/h2H,1,3-7H2,(H,9,10). The molecule has 13 heavy (non-hydrogen) atoms. The summed E-state index contributed by atoms with van der Waals surface area (Å²) < 4.78 is 21.7. The van der Waals surface area contributed by atoms with Crippen molar-refractivity contribution in [3.63, 3.8) is 0 Å². The molecule has 0 unspecified atom stereocenters. The molecule has 0 aromatic rings. The van der Waals surface area contributed by atoms with Crippen LogP contribution in [-0.4, -0.2) is 25.2 Å². The predicted octanol–water partition coefficient (Wildman–Crippen LogP) is 1.19. The Morgan fingerprint density at radius 3 is 2.38 bits per heavy atom. The lowest BCUT2D eigenvalue weighted by Gasteiger charge is -1.97. The van der Waals surface area contributed by atoms with Gasteiger partial charge in [-0.05, 0) is 12.8 Å². The Labute approximate surface area is 78.2 Å². The van der Waals surface area contributed by atoms with Gasteiger partial charge < -0.3 is 5.11 Å². The van der Waals surface area contributed by atoms with Crippen LogP contribution in [-0.2, 0) is 14.6 Å². The first-order chi connectivity index (χ1) is 5.98. The highest BCUT2D eigenvalue weighted by atomic mass is 32.2. The Morgan fingerprint density at radius 2 is 1.92 bits per heavy atom. The highest BCUT2D eigenvalue weighted by molar-refractivity contribution is 7.94. The molecule has 0 rings (SSSR count). The van der Waals surface area contributed by atoms with E-state index in [0.717, 1.165) is 5.41 Å². The van der Waals surface area contributed by atoms with Gasteiger partial charge in [0, 0.05) is 11.8 Å². The van der Waals surface area contributed by atoms with Crippen LogP contribution < -0.4 is 0 Å². The van der Waals surface area contributed by atoms with E-state index >= 15 is 0 Å². The second-order valence-electron chi connectivity index (χ2n) is 2.74. The molecule has 0 amide bonds. The van der Waals surface area contributed by atoms with E-state index in [2.05, 4.69) is 6.58 Å². The van der Waals surface area contributed by atoms with Crippen molar-refractivity contribution in [2.24, 2.45) is 0 Å². The van der Waals surface area contributed by atoms with E-state index in [1.54, 1.807) is 0 Å². The van der Waals surface area contributed by atoms with Crippen molar-refractivity contribution in [3.05, 3.63) is 12.0 Å². The summed E-state index contributed by atoms with van der Waals surface area (Å²) in [6.45, 7) is 3.18. The second-order valence-corrected chi connectivity index (χ2v) is 4.81. The number of hydrogen-bond acceptors (Lipinski definition) is 3. The molecule has 0 spiro atoms. The van der Waals surface area contributed by atoms with Crippen LogP contribution in [0.4, 0.5) is 0 Å². The molecule has 0 saturated carbocycles. The average Bonchev–Trinajstić information content (AvgIpc) is 2.03. The summed E-state index contributed by atoms with van der Waals surface area (Å²) in [5, 5.41) is 9.22. The zero-order valence-electron chi connectivity index (χ0n) is 7.40. The van der Waals surface area contributed by atoms with Gasteiger partial charge in [0.2, 0.25) is 0 Å². The zero-order chi connectivity index (χ0) is 10.3. The summed E-state index contributed by atoms with van der Waals surface area (Å²) in [5.41, 5.74) is 0. The van der Waals surface area contributed by atoms with Crippen molar-refractivity contribution in [1.82, 2.24) is 0 Å². The number of aliphatic carboxylic acids is 1. The van der Waals surface area contributed by atoms with Gasteiger partial charge in [-0.2, -0.15) is 0 Å². The minimum atomic E-state index is -3.10. The first kappa shape index (κ1) is 12.2. The van der Waals surface area contributed by atoms with E-state index in [9.17, 15) is 13.2 Å². The van der Waals surface area contributed by atoms with Gasteiger partial charge in [0.05, 0.1) is 5.75 Å². The first-order valence-corrected chi connectivity index (χ1v) is 5.76. The lowest BCUT2D eigenvalue weighted by molar-refractivity contribution is -0.137. The Morgan fingerprint density at radius 1 is 1.31 bits per heavy atom. The molecule has 0 fully saturated rings. The Hall–Kier alpha value is -0.840. The van der Waals surface area contributed by atoms with Crippen LogP contribution in [0.25, 0.3) is 0 Å². The maximum Gasteiger partial charge on any atom is 0.303 e. The number of sulfone groups is 1. The molecule has 1 N–H and O–H groups in total. The molecule has 0 atom stereocenters. The molecule has 0 saturated heterocycles. The lowest BCUT2D eigenvalue weighted by atomic mass is 10.2. The van der Waals surface area contributed by atoms with Crippen LogP contribution in [0.15, 0.2) is 12.0 Å². The van der Waals surface area contributed by atoms with Gasteiger partial charge in [0.15, 0.2) is 9.84 Å². The van der Waals surface area contributed by atoms with Crippen LogP contribution in [0.3, 0.4) is 0 Å². The number of carbonyl (C=O) groups is 1. The molecular formula is C8H14O4S. The van der Waals surface area contributed by atoms with Crippen molar-refractivity contribution < 1.29 is 18.3 Å². The third kappa shape index (κ3) is 7.52. The van der Waals surface area contributed by atoms with Gasteiger partial charge in [-0.25, -0.2) is 8.42 Å². The number of carboxylic acid groups (broad SMARTS) is 1. The molecule has 0 bridgehead atoms. The van der Waals surface area contributed by atoms with Gasteiger partial charge in [-0.15, -0.1) is 0 Å². The van der Waals surface area contributed by atoms with Crippen molar-refractivity contribution in [1.29, 1.82) is 0 Å². The number of rotatable bonds is 7. The summed E-state index contributed by atoms with van der Waals surface area (Å²) in [7, 11) is -3.10. The molecule has 0 aliphatic rings. The molecule has 76 valence electrons. The minimum Gasteiger partial charge on any atom is -0.481 e. The average molecular weight is 206 g/mol. The van der Waals surface area contributed by atoms with E-state index in [1.807, 2.05) is 0 Å². The van der Waals surface area contributed by atoms with E-state index in [4.69, 9.17) is 5.11 Å². The second kappa shape index (κ2) is 5.75. The highest BCUT2D eigenvalue weighted by Crippen LogP contribution is 2.03. The molecule has 0 radical (unpaired) electrons. The molecule has 0 aliphatic carbocycles. The fourth-order valence-corrected chi connectivity index (χ4v) is 1.61. The molecule has 0 heterocycles. The van der Waals surface area contributed by atoms with Crippen molar-refractivity contribution in [3.8, 4) is 0 Å². The highest BCUT2D eigenvalue weighted by Gasteiger charge is 2.04. The van der Waals surface area contributed by atoms with Gasteiger partial charge in [0.25, 0.3) is 0 Å². The van der Waals surface area contributed by atoms with Crippen LogP contribution in [0, 0.1) is 0 Å². The third-order valence-electron chi connectivity index (χ3n) is 1.57. The Bertz CT molecular complexity index is 266. The fourth-order valence-electron chi connectivity index (χ4n) is 0.840. The number of carboxylic acids is 1. The van der Waals surface area contributed by atoms with Gasteiger partial charge in [-0.3, -0.25) is 4.79 Å². The molecule has 4 nitrogen and oxygen atoms in total. The summed E-state index contributed by atoms with van der Waals surface area (Å²) in [6.07, 6.45) is 1.76. The SMILES string of the molecule is C=CS(=O)(=O)CCCCCC(=O)O. The van der Waals surface area contributed by atoms with Gasteiger partial charge in [0.1, 0.15) is 0 Å². The van der Waals surface area contributed by atoms with Crippen LogP contribution in [0.1, 0.15) is 25.7 Å².